The topological polar surface area (TPSA) is 65.9 Å². The number of aromatic nitrogens is 1. The van der Waals surface area contributed by atoms with Gasteiger partial charge in [0.1, 0.15) is 11.5 Å². The molecule has 2 aromatic rings. The molecule has 1 aromatic carbocycles. The van der Waals surface area contributed by atoms with Gasteiger partial charge in [0.25, 0.3) is 5.91 Å². The van der Waals surface area contributed by atoms with E-state index in [2.05, 4.69) is 16.0 Å². The van der Waals surface area contributed by atoms with E-state index in [4.69, 9.17) is 4.74 Å². The fourth-order valence-electron chi connectivity index (χ4n) is 4.81. The quantitative estimate of drug-likeness (QED) is 0.818. The number of aromatic hydroxyl groups is 1. The van der Waals surface area contributed by atoms with Crippen LogP contribution < -0.4 is 4.74 Å². The summed E-state index contributed by atoms with van der Waals surface area (Å²) in [5, 5.41) is 10.4. The molecule has 1 saturated heterocycles. The zero-order chi connectivity index (χ0) is 22.2. The van der Waals surface area contributed by atoms with Gasteiger partial charge in [0.05, 0.1) is 0 Å². The van der Waals surface area contributed by atoms with Crippen molar-refractivity contribution in [2.24, 2.45) is 0 Å². The summed E-state index contributed by atoms with van der Waals surface area (Å²) in [7, 11) is 0. The van der Waals surface area contributed by atoms with Crippen LogP contribution in [-0.4, -0.2) is 57.6 Å². The second kappa shape index (κ2) is 8.50. The molecule has 0 spiro atoms. The van der Waals surface area contributed by atoms with Gasteiger partial charge in [-0.3, -0.25) is 14.7 Å². The van der Waals surface area contributed by atoms with Crippen LogP contribution in [0.2, 0.25) is 0 Å². The Morgan fingerprint density at radius 1 is 1.16 bits per heavy atom. The van der Waals surface area contributed by atoms with Crippen molar-refractivity contribution in [1.29, 1.82) is 0 Å². The number of phenolic OH excluding ortho intramolecular Hbond substituents is 1. The van der Waals surface area contributed by atoms with Crippen molar-refractivity contribution in [2.75, 3.05) is 26.2 Å². The van der Waals surface area contributed by atoms with Crippen molar-refractivity contribution in [3.8, 4) is 11.5 Å². The van der Waals surface area contributed by atoms with Crippen LogP contribution in [0.25, 0.3) is 0 Å². The molecule has 3 heterocycles. The maximum atomic E-state index is 13.6. The Kier molecular flexibility index (Phi) is 5.93. The molecule has 1 atom stereocenters. The molecule has 2 aliphatic heterocycles. The molecule has 6 nitrogen and oxygen atoms in total. The van der Waals surface area contributed by atoms with Gasteiger partial charge in [0.2, 0.25) is 0 Å². The molecule has 1 amide bonds. The van der Waals surface area contributed by atoms with Crippen LogP contribution in [0, 0.1) is 20.8 Å². The van der Waals surface area contributed by atoms with Crippen molar-refractivity contribution in [2.45, 2.75) is 59.1 Å². The largest absolute Gasteiger partial charge is 0.507 e. The van der Waals surface area contributed by atoms with E-state index in [1.165, 1.54) is 5.56 Å². The predicted molar refractivity (Wildman–Crippen MR) is 120 cm³/mol. The Labute approximate surface area is 184 Å². The number of hydrogen-bond donors (Lipinski definition) is 1. The lowest BCUT2D eigenvalue weighted by atomic mass is 9.86. The third-order valence-electron chi connectivity index (χ3n) is 6.98. The van der Waals surface area contributed by atoms with Crippen molar-refractivity contribution in [1.82, 2.24) is 14.8 Å². The van der Waals surface area contributed by atoms with E-state index in [0.717, 1.165) is 67.0 Å². The Hall–Kier alpha value is -2.60. The van der Waals surface area contributed by atoms with Gasteiger partial charge in [-0.15, -0.1) is 0 Å². The van der Waals surface area contributed by atoms with E-state index in [0.29, 0.717) is 18.7 Å². The van der Waals surface area contributed by atoms with Crippen LogP contribution in [0.1, 0.15) is 47.6 Å². The van der Waals surface area contributed by atoms with E-state index >= 15 is 0 Å². The number of pyridine rings is 1. The number of rotatable bonds is 3. The number of carbonyl (C=O) groups is 1. The first-order valence-corrected chi connectivity index (χ1v) is 11.2. The summed E-state index contributed by atoms with van der Waals surface area (Å²) < 4.78 is 6.42. The number of phenols is 1. The molecule has 166 valence electrons. The highest BCUT2D eigenvalue weighted by Gasteiger charge is 2.43. The summed E-state index contributed by atoms with van der Waals surface area (Å²) in [5.74, 6) is 1.20. The zero-order valence-corrected chi connectivity index (χ0v) is 19.1. The standard InChI is InChI=1S/C25H33N3O3/c1-17-18(2)23-21(19(3)22(17)29)8-9-25(4,31-23)24(30)28-12-6-11-27(13-14-28)16-20-7-5-10-26-15-20/h5,7,10,15,29H,6,8-9,11-14,16H2,1-4H3. The first-order chi connectivity index (χ1) is 14.8. The third kappa shape index (κ3) is 4.13. The highest BCUT2D eigenvalue weighted by atomic mass is 16.5. The first kappa shape index (κ1) is 21.6. The highest BCUT2D eigenvalue weighted by molar-refractivity contribution is 5.86. The predicted octanol–water partition coefficient (Wildman–Crippen LogP) is 3.53. The molecule has 0 aliphatic carbocycles. The van der Waals surface area contributed by atoms with Crippen LogP contribution in [-0.2, 0) is 17.8 Å². The SMILES string of the molecule is Cc1c(C)c2c(c(C)c1O)CCC(C)(C(=O)N1CCCN(Cc3cccnc3)CC1)O2. The lowest BCUT2D eigenvalue weighted by Gasteiger charge is -2.39. The molecule has 1 N–H and O–H groups in total. The van der Waals surface area contributed by atoms with E-state index in [1.807, 2.05) is 44.9 Å². The van der Waals surface area contributed by atoms with Crippen molar-refractivity contribution >= 4 is 5.91 Å². The summed E-state index contributed by atoms with van der Waals surface area (Å²) in [6, 6.07) is 4.06. The van der Waals surface area contributed by atoms with Crippen molar-refractivity contribution < 1.29 is 14.6 Å². The monoisotopic (exact) mass is 423 g/mol. The lowest BCUT2D eigenvalue weighted by Crippen LogP contribution is -2.53. The fourth-order valence-corrected chi connectivity index (χ4v) is 4.81. The molecule has 0 saturated carbocycles. The van der Waals surface area contributed by atoms with Gasteiger partial charge in [-0.25, -0.2) is 0 Å². The average molecular weight is 424 g/mol. The smallest absolute Gasteiger partial charge is 0.266 e. The Morgan fingerprint density at radius 2 is 1.97 bits per heavy atom. The van der Waals surface area contributed by atoms with Gasteiger partial charge >= 0.3 is 0 Å². The number of benzene rings is 1. The minimum absolute atomic E-state index is 0.0733. The normalized spacial score (nSPS) is 21.9. The highest BCUT2D eigenvalue weighted by Crippen LogP contribution is 2.43. The molecule has 1 unspecified atom stereocenters. The number of fused-ring (bicyclic) bond motifs is 1. The van der Waals surface area contributed by atoms with Gasteiger partial charge in [-0.2, -0.15) is 0 Å². The maximum absolute atomic E-state index is 13.6. The van der Waals surface area contributed by atoms with Gasteiger partial charge in [-0.1, -0.05) is 6.07 Å². The Balaban J connectivity index is 1.47. The number of amides is 1. The summed E-state index contributed by atoms with van der Waals surface area (Å²) >= 11 is 0. The lowest BCUT2D eigenvalue weighted by molar-refractivity contribution is -0.148. The maximum Gasteiger partial charge on any atom is 0.266 e. The molecular weight excluding hydrogens is 390 g/mol. The van der Waals surface area contributed by atoms with Gasteiger partial charge in [0.15, 0.2) is 5.60 Å². The molecule has 6 heteroatoms. The van der Waals surface area contributed by atoms with Crippen LogP contribution in [0.4, 0.5) is 0 Å². The summed E-state index contributed by atoms with van der Waals surface area (Å²) in [5.41, 5.74) is 3.99. The van der Waals surface area contributed by atoms with Crippen molar-refractivity contribution in [3.63, 3.8) is 0 Å². The molecule has 1 fully saturated rings. The minimum atomic E-state index is -0.869. The van der Waals surface area contributed by atoms with Crippen LogP contribution in [0.5, 0.6) is 11.5 Å². The zero-order valence-electron chi connectivity index (χ0n) is 19.1. The number of nitrogens with zero attached hydrogens (tertiary/aromatic N) is 3. The Morgan fingerprint density at radius 3 is 2.71 bits per heavy atom. The van der Waals surface area contributed by atoms with Gasteiger partial charge < -0.3 is 14.7 Å². The number of ether oxygens (including phenoxy) is 1. The van der Waals surface area contributed by atoms with Gasteiger partial charge in [0, 0.05) is 57.1 Å². The van der Waals surface area contributed by atoms with Crippen molar-refractivity contribution in [3.05, 3.63) is 52.3 Å². The van der Waals surface area contributed by atoms with E-state index < -0.39 is 5.60 Å². The summed E-state index contributed by atoms with van der Waals surface area (Å²) in [6.07, 6.45) is 6.01. The van der Waals surface area contributed by atoms with E-state index in [9.17, 15) is 9.90 Å². The average Bonchev–Trinajstić information content (AvgIpc) is 3.02. The van der Waals surface area contributed by atoms with Crippen LogP contribution in [0.15, 0.2) is 24.5 Å². The fraction of sp³-hybridized carbons (Fsp3) is 0.520. The Bertz CT molecular complexity index is 976. The number of carbonyl (C=O) groups excluding carboxylic acids is 1. The molecular formula is C25H33N3O3. The van der Waals surface area contributed by atoms with Crippen LogP contribution in [0.3, 0.4) is 0 Å². The third-order valence-corrected chi connectivity index (χ3v) is 6.98. The molecule has 0 bridgehead atoms. The molecule has 2 aliphatic rings. The van der Waals surface area contributed by atoms with Crippen LogP contribution >= 0.6 is 0 Å². The second-order valence-corrected chi connectivity index (χ2v) is 9.15. The minimum Gasteiger partial charge on any atom is -0.507 e. The second-order valence-electron chi connectivity index (χ2n) is 9.15. The summed E-state index contributed by atoms with van der Waals surface area (Å²) in [6.45, 7) is 11.9. The first-order valence-electron chi connectivity index (χ1n) is 11.2. The molecule has 31 heavy (non-hydrogen) atoms. The van der Waals surface area contributed by atoms with E-state index in [-0.39, 0.29) is 5.91 Å². The molecule has 1 aromatic heterocycles. The molecule has 4 rings (SSSR count). The van der Waals surface area contributed by atoms with Gasteiger partial charge in [-0.05, 0) is 68.9 Å². The van der Waals surface area contributed by atoms with E-state index in [1.54, 1.807) is 6.20 Å². The summed E-state index contributed by atoms with van der Waals surface area (Å²) in [4.78, 5) is 22.1. The molecule has 0 radical (unpaired) electrons. The number of hydrogen-bond acceptors (Lipinski definition) is 5.